The van der Waals surface area contributed by atoms with Gasteiger partial charge in [-0.1, -0.05) is 48.5 Å². The molecule has 0 spiro atoms. The SMILES string of the molecule is Cl.N[C@@H]1CN(CC(=O)NCc2ccccc2F)C[C@H]1c1ccccc1. The predicted octanol–water partition coefficient (Wildman–Crippen LogP) is 2.29. The summed E-state index contributed by atoms with van der Waals surface area (Å²) in [5.41, 5.74) is 7.94. The van der Waals surface area contributed by atoms with Crippen LogP contribution >= 0.6 is 12.4 Å². The van der Waals surface area contributed by atoms with E-state index < -0.39 is 0 Å². The second kappa shape index (κ2) is 8.94. The Morgan fingerprint density at radius 3 is 2.52 bits per heavy atom. The molecule has 4 nitrogen and oxygen atoms in total. The van der Waals surface area contributed by atoms with E-state index in [0.717, 1.165) is 6.54 Å². The molecule has 6 heteroatoms. The molecule has 134 valence electrons. The molecule has 3 rings (SSSR count). The zero-order valence-electron chi connectivity index (χ0n) is 13.9. The number of hydrogen-bond donors (Lipinski definition) is 2. The molecule has 2 aromatic carbocycles. The van der Waals surface area contributed by atoms with Gasteiger partial charge in [0.2, 0.25) is 5.91 Å². The average molecular weight is 364 g/mol. The molecule has 3 N–H and O–H groups in total. The fraction of sp³-hybridized carbons (Fsp3) is 0.316. The van der Waals surface area contributed by atoms with Gasteiger partial charge in [-0.2, -0.15) is 0 Å². The number of amides is 1. The molecule has 1 saturated heterocycles. The smallest absolute Gasteiger partial charge is 0.234 e. The van der Waals surface area contributed by atoms with Gasteiger partial charge in [-0.05, 0) is 11.6 Å². The highest BCUT2D eigenvalue weighted by atomic mass is 35.5. The Morgan fingerprint density at radius 1 is 1.12 bits per heavy atom. The van der Waals surface area contributed by atoms with Crippen molar-refractivity contribution in [2.75, 3.05) is 19.6 Å². The molecule has 2 atom stereocenters. The van der Waals surface area contributed by atoms with Crippen LogP contribution in [0.3, 0.4) is 0 Å². The van der Waals surface area contributed by atoms with E-state index in [1.54, 1.807) is 18.2 Å². The van der Waals surface area contributed by atoms with Gasteiger partial charge < -0.3 is 11.1 Å². The first-order valence-corrected chi connectivity index (χ1v) is 8.16. The monoisotopic (exact) mass is 363 g/mol. The molecule has 1 aliphatic heterocycles. The number of nitrogens with two attached hydrogens (primary N) is 1. The largest absolute Gasteiger partial charge is 0.351 e. The Balaban J connectivity index is 0.00000225. The molecule has 1 fully saturated rings. The molecular formula is C19H23ClFN3O. The zero-order valence-corrected chi connectivity index (χ0v) is 14.7. The second-order valence-corrected chi connectivity index (χ2v) is 6.24. The van der Waals surface area contributed by atoms with E-state index in [4.69, 9.17) is 5.73 Å². The Labute approximate surface area is 153 Å². The zero-order chi connectivity index (χ0) is 16.9. The number of benzene rings is 2. The highest BCUT2D eigenvalue weighted by Gasteiger charge is 2.31. The van der Waals surface area contributed by atoms with Crippen LogP contribution in [0.25, 0.3) is 0 Å². The Morgan fingerprint density at radius 2 is 1.80 bits per heavy atom. The number of likely N-dealkylation sites (tertiary alicyclic amines) is 1. The lowest BCUT2D eigenvalue weighted by Gasteiger charge is -2.16. The number of halogens is 2. The molecular weight excluding hydrogens is 341 g/mol. The van der Waals surface area contributed by atoms with Crippen LogP contribution in [0.4, 0.5) is 4.39 Å². The van der Waals surface area contributed by atoms with E-state index in [0.29, 0.717) is 12.1 Å². The summed E-state index contributed by atoms with van der Waals surface area (Å²) in [5.74, 6) is -0.171. The van der Waals surface area contributed by atoms with Gasteiger partial charge in [0.15, 0.2) is 0 Å². The van der Waals surface area contributed by atoms with Crippen molar-refractivity contribution in [2.24, 2.45) is 5.73 Å². The van der Waals surface area contributed by atoms with E-state index in [1.807, 2.05) is 18.2 Å². The lowest BCUT2D eigenvalue weighted by atomic mass is 9.95. The van der Waals surface area contributed by atoms with Crippen molar-refractivity contribution >= 4 is 18.3 Å². The molecule has 1 amide bonds. The highest BCUT2D eigenvalue weighted by molar-refractivity contribution is 5.85. The van der Waals surface area contributed by atoms with Crippen molar-refractivity contribution in [1.29, 1.82) is 0 Å². The lowest BCUT2D eigenvalue weighted by molar-refractivity contribution is -0.122. The fourth-order valence-corrected chi connectivity index (χ4v) is 3.19. The summed E-state index contributed by atoms with van der Waals surface area (Å²) in [6, 6.07) is 16.6. The van der Waals surface area contributed by atoms with Crippen molar-refractivity contribution in [2.45, 2.75) is 18.5 Å². The maximum atomic E-state index is 13.6. The molecule has 0 radical (unpaired) electrons. The summed E-state index contributed by atoms with van der Waals surface area (Å²) < 4.78 is 13.6. The molecule has 1 aliphatic rings. The lowest BCUT2D eigenvalue weighted by Crippen LogP contribution is -2.37. The Kier molecular flexibility index (Phi) is 6.93. The summed E-state index contributed by atoms with van der Waals surface area (Å²) in [4.78, 5) is 14.2. The van der Waals surface area contributed by atoms with Crippen molar-refractivity contribution < 1.29 is 9.18 Å². The Hall–Kier alpha value is -1.95. The van der Waals surface area contributed by atoms with E-state index in [9.17, 15) is 9.18 Å². The van der Waals surface area contributed by atoms with Gasteiger partial charge in [0.05, 0.1) is 6.54 Å². The van der Waals surface area contributed by atoms with Crippen LogP contribution in [0.1, 0.15) is 17.0 Å². The maximum Gasteiger partial charge on any atom is 0.234 e. The molecule has 0 unspecified atom stereocenters. The topological polar surface area (TPSA) is 58.4 Å². The van der Waals surface area contributed by atoms with Crippen LogP contribution in [0.2, 0.25) is 0 Å². The van der Waals surface area contributed by atoms with Gasteiger partial charge in [-0.15, -0.1) is 12.4 Å². The molecule has 25 heavy (non-hydrogen) atoms. The van der Waals surface area contributed by atoms with Crippen LogP contribution in [0, 0.1) is 5.82 Å². The standard InChI is InChI=1S/C19H22FN3O.ClH/c20-17-9-5-4-8-15(17)10-22-19(24)13-23-11-16(18(21)12-23)14-6-2-1-3-7-14;/h1-9,16,18H,10-13,21H2,(H,22,24);1H/t16-,18+;/m0./s1. The minimum atomic E-state index is -0.301. The average Bonchev–Trinajstić information content (AvgIpc) is 2.95. The van der Waals surface area contributed by atoms with E-state index >= 15 is 0 Å². The van der Waals surface area contributed by atoms with Crippen molar-refractivity contribution in [1.82, 2.24) is 10.2 Å². The van der Waals surface area contributed by atoms with Crippen LogP contribution < -0.4 is 11.1 Å². The maximum absolute atomic E-state index is 13.6. The van der Waals surface area contributed by atoms with Gasteiger partial charge in [0.1, 0.15) is 5.82 Å². The van der Waals surface area contributed by atoms with Gasteiger partial charge in [-0.3, -0.25) is 9.69 Å². The summed E-state index contributed by atoms with van der Waals surface area (Å²) in [7, 11) is 0. The minimum Gasteiger partial charge on any atom is -0.351 e. The van der Waals surface area contributed by atoms with E-state index in [-0.39, 0.29) is 49.2 Å². The normalized spacial score (nSPS) is 20.1. The van der Waals surface area contributed by atoms with E-state index in [2.05, 4.69) is 22.3 Å². The molecule has 0 saturated carbocycles. The van der Waals surface area contributed by atoms with Crippen LogP contribution in [0.15, 0.2) is 54.6 Å². The van der Waals surface area contributed by atoms with Crippen molar-refractivity contribution in [3.63, 3.8) is 0 Å². The molecule has 0 bridgehead atoms. The first kappa shape index (κ1) is 19.4. The molecule has 2 aromatic rings. The third-order valence-electron chi connectivity index (χ3n) is 4.47. The van der Waals surface area contributed by atoms with Crippen LogP contribution in [-0.4, -0.2) is 36.5 Å². The van der Waals surface area contributed by atoms with Gasteiger partial charge in [-0.25, -0.2) is 4.39 Å². The number of nitrogens with one attached hydrogen (secondary N) is 1. The van der Waals surface area contributed by atoms with Crippen molar-refractivity contribution in [3.8, 4) is 0 Å². The quantitative estimate of drug-likeness (QED) is 0.857. The third-order valence-corrected chi connectivity index (χ3v) is 4.47. The first-order chi connectivity index (χ1) is 11.6. The summed E-state index contributed by atoms with van der Waals surface area (Å²) in [6.07, 6.45) is 0. The third kappa shape index (κ3) is 5.01. The molecule has 0 aliphatic carbocycles. The minimum absolute atomic E-state index is 0. The number of rotatable bonds is 5. The summed E-state index contributed by atoms with van der Waals surface area (Å²) >= 11 is 0. The second-order valence-electron chi connectivity index (χ2n) is 6.24. The predicted molar refractivity (Wildman–Crippen MR) is 99.1 cm³/mol. The van der Waals surface area contributed by atoms with Crippen LogP contribution in [-0.2, 0) is 11.3 Å². The summed E-state index contributed by atoms with van der Waals surface area (Å²) in [5, 5.41) is 2.77. The van der Waals surface area contributed by atoms with Crippen molar-refractivity contribution in [3.05, 3.63) is 71.5 Å². The number of carbonyl (C=O) groups excluding carboxylic acids is 1. The summed E-state index contributed by atoms with van der Waals surface area (Å²) in [6.45, 7) is 1.93. The van der Waals surface area contributed by atoms with Crippen LogP contribution in [0.5, 0.6) is 0 Å². The fourth-order valence-electron chi connectivity index (χ4n) is 3.19. The van der Waals surface area contributed by atoms with Gasteiger partial charge in [0.25, 0.3) is 0 Å². The van der Waals surface area contributed by atoms with E-state index in [1.165, 1.54) is 11.6 Å². The molecule has 1 heterocycles. The highest BCUT2D eigenvalue weighted by Crippen LogP contribution is 2.25. The molecule has 0 aromatic heterocycles. The number of nitrogens with zero attached hydrogens (tertiary/aromatic N) is 1. The van der Waals surface area contributed by atoms with Gasteiger partial charge in [0, 0.05) is 37.2 Å². The first-order valence-electron chi connectivity index (χ1n) is 8.16. The Bertz CT molecular complexity index is 698. The van der Waals surface area contributed by atoms with Gasteiger partial charge >= 0.3 is 0 Å². The number of carbonyl (C=O) groups is 1. The number of hydrogen-bond acceptors (Lipinski definition) is 3.